The molecule has 4 nitrogen and oxygen atoms in total. The van der Waals surface area contributed by atoms with Crippen LogP contribution < -0.4 is 5.32 Å². The summed E-state index contributed by atoms with van der Waals surface area (Å²) in [6, 6.07) is 7.95. The third kappa shape index (κ3) is 4.47. The van der Waals surface area contributed by atoms with Crippen LogP contribution in [0.1, 0.15) is 26.3 Å². The van der Waals surface area contributed by atoms with Crippen molar-refractivity contribution in [2.75, 3.05) is 12.3 Å². The molecule has 0 bridgehead atoms. The fourth-order valence-electron chi connectivity index (χ4n) is 1.42. The summed E-state index contributed by atoms with van der Waals surface area (Å²) in [7, 11) is -3.28. The van der Waals surface area contributed by atoms with Gasteiger partial charge in [0, 0.05) is 12.1 Å². The number of nitriles is 1. The van der Waals surface area contributed by atoms with Gasteiger partial charge in [-0.15, -0.1) is 0 Å². The fraction of sp³-hybridized carbons (Fsp3) is 0.462. The van der Waals surface area contributed by atoms with Gasteiger partial charge < -0.3 is 5.32 Å². The Bertz CT molecular complexity index is 534. The molecule has 1 aromatic rings. The van der Waals surface area contributed by atoms with Crippen LogP contribution in [0.2, 0.25) is 0 Å². The molecule has 0 fully saturated rings. The lowest BCUT2D eigenvalue weighted by Gasteiger charge is -2.20. The summed E-state index contributed by atoms with van der Waals surface area (Å²) >= 11 is 0. The van der Waals surface area contributed by atoms with Crippen molar-refractivity contribution in [3.8, 4) is 6.07 Å². The summed E-state index contributed by atoms with van der Waals surface area (Å²) in [5.74, 6) is 0.0518. The molecule has 0 amide bonds. The lowest BCUT2D eigenvalue weighted by Crippen LogP contribution is -2.38. The van der Waals surface area contributed by atoms with Gasteiger partial charge in [-0.2, -0.15) is 5.26 Å². The third-order valence-electron chi connectivity index (χ3n) is 2.37. The van der Waals surface area contributed by atoms with Gasteiger partial charge in [-0.25, -0.2) is 8.42 Å². The molecule has 0 saturated heterocycles. The van der Waals surface area contributed by atoms with Crippen LogP contribution in [-0.2, 0) is 9.84 Å². The molecule has 0 heterocycles. The van der Waals surface area contributed by atoms with Crippen LogP contribution >= 0.6 is 0 Å². The predicted molar refractivity (Wildman–Crippen MR) is 71.0 cm³/mol. The number of nitrogens with zero attached hydrogens (tertiary/aromatic N) is 1. The van der Waals surface area contributed by atoms with E-state index in [1.165, 1.54) is 24.3 Å². The standard InChI is InChI=1S/C13H18N2O2S/c1-13(2,3)15-8-9-18(16,17)12-6-4-11(10-14)5-7-12/h4-7,15H,8-9H2,1-3H3. The topological polar surface area (TPSA) is 70.0 Å². The minimum Gasteiger partial charge on any atom is -0.311 e. The molecule has 5 heteroatoms. The van der Waals surface area contributed by atoms with Gasteiger partial charge in [0.1, 0.15) is 0 Å². The number of hydrogen-bond donors (Lipinski definition) is 1. The normalized spacial score (nSPS) is 12.1. The largest absolute Gasteiger partial charge is 0.311 e. The molecule has 0 aliphatic carbocycles. The highest BCUT2D eigenvalue weighted by Gasteiger charge is 2.16. The van der Waals surface area contributed by atoms with Crippen molar-refractivity contribution < 1.29 is 8.42 Å². The molecule has 1 N–H and O–H groups in total. The van der Waals surface area contributed by atoms with Gasteiger partial charge in [0.15, 0.2) is 9.84 Å². The molecule has 1 rings (SSSR count). The molecule has 0 spiro atoms. The summed E-state index contributed by atoms with van der Waals surface area (Å²) in [4.78, 5) is 0.261. The Morgan fingerprint density at radius 1 is 1.22 bits per heavy atom. The number of rotatable bonds is 4. The van der Waals surface area contributed by atoms with Crippen LogP contribution in [0, 0.1) is 11.3 Å². The van der Waals surface area contributed by atoms with Crippen molar-refractivity contribution in [3.05, 3.63) is 29.8 Å². The quantitative estimate of drug-likeness (QED) is 0.901. The molecule has 0 radical (unpaired) electrons. The molecule has 0 saturated carbocycles. The summed E-state index contributed by atoms with van der Waals surface area (Å²) in [5, 5.41) is 11.8. The zero-order valence-corrected chi connectivity index (χ0v) is 11.7. The highest BCUT2D eigenvalue weighted by Crippen LogP contribution is 2.12. The van der Waals surface area contributed by atoms with E-state index in [9.17, 15) is 8.42 Å². The van der Waals surface area contributed by atoms with Gasteiger partial charge >= 0.3 is 0 Å². The number of nitrogens with one attached hydrogen (secondary N) is 1. The van der Waals surface area contributed by atoms with E-state index < -0.39 is 9.84 Å². The smallest absolute Gasteiger partial charge is 0.179 e. The second-order valence-corrected chi connectivity index (χ2v) is 7.24. The number of benzene rings is 1. The van der Waals surface area contributed by atoms with Gasteiger partial charge in [0.25, 0.3) is 0 Å². The summed E-state index contributed by atoms with van der Waals surface area (Å²) in [6.45, 7) is 6.37. The van der Waals surface area contributed by atoms with Crippen LogP contribution in [0.25, 0.3) is 0 Å². The van der Waals surface area contributed by atoms with Crippen molar-refractivity contribution in [1.29, 1.82) is 5.26 Å². The van der Waals surface area contributed by atoms with Crippen LogP contribution in [0.15, 0.2) is 29.2 Å². The van der Waals surface area contributed by atoms with E-state index >= 15 is 0 Å². The average Bonchev–Trinajstić information content (AvgIpc) is 2.27. The Hall–Kier alpha value is -1.38. The van der Waals surface area contributed by atoms with Gasteiger partial charge in [0.05, 0.1) is 22.3 Å². The molecule has 0 unspecified atom stereocenters. The molecule has 0 atom stereocenters. The number of hydrogen-bond acceptors (Lipinski definition) is 4. The van der Waals surface area contributed by atoms with Gasteiger partial charge in [-0.3, -0.25) is 0 Å². The van der Waals surface area contributed by atoms with Crippen LogP contribution in [0.3, 0.4) is 0 Å². The van der Waals surface area contributed by atoms with Crippen molar-refractivity contribution in [2.45, 2.75) is 31.2 Å². The minimum absolute atomic E-state index is 0.0518. The molecular weight excluding hydrogens is 248 g/mol. The number of sulfone groups is 1. The molecular formula is C13H18N2O2S. The lowest BCUT2D eigenvalue weighted by molar-refractivity contribution is 0.438. The Morgan fingerprint density at radius 3 is 2.22 bits per heavy atom. The first-order valence-corrected chi connectivity index (χ1v) is 7.38. The maximum absolute atomic E-state index is 12.0. The van der Waals surface area contributed by atoms with E-state index in [-0.39, 0.29) is 16.2 Å². The molecule has 0 aliphatic heterocycles. The molecule has 0 aliphatic rings. The van der Waals surface area contributed by atoms with E-state index in [1.54, 1.807) is 0 Å². The second kappa shape index (κ2) is 5.51. The molecule has 1 aromatic carbocycles. The first kappa shape index (κ1) is 14.7. The van der Waals surface area contributed by atoms with Gasteiger partial charge in [0.2, 0.25) is 0 Å². The van der Waals surface area contributed by atoms with Crippen LogP contribution in [0.5, 0.6) is 0 Å². The highest BCUT2D eigenvalue weighted by atomic mass is 32.2. The first-order valence-electron chi connectivity index (χ1n) is 5.72. The van der Waals surface area contributed by atoms with E-state index in [2.05, 4.69) is 5.32 Å². The van der Waals surface area contributed by atoms with E-state index in [0.717, 1.165) is 0 Å². The Labute approximate surface area is 109 Å². The van der Waals surface area contributed by atoms with Gasteiger partial charge in [-0.1, -0.05) is 0 Å². The van der Waals surface area contributed by atoms with Crippen LogP contribution in [0.4, 0.5) is 0 Å². The molecule has 98 valence electrons. The molecule has 0 aromatic heterocycles. The lowest BCUT2D eigenvalue weighted by atomic mass is 10.1. The maximum atomic E-state index is 12.0. The Morgan fingerprint density at radius 2 is 1.78 bits per heavy atom. The summed E-state index contributed by atoms with van der Waals surface area (Å²) in [5.41, 5.74) is 0.363. The zero-order valence-electron chi connectivity index (χ0n) is 10.9. The molecule has 18 heavy (non-hydrogen) atoms. The third-order valence-corrected chi connectivity index (χ3v) is 4.10. The first-order chi connectivity index (χ1) is 8.24. The van der Waals surface area contributed by atoms with Gasteiger partial charge in [-0.05, 0) is 45.0 Å². The SMILES string of the molecule is CC(C)(C)NCCS(=O)(=O)c1ccc(C#N)cc1. The maximum Gasteiger partial charge on any atom is 0.179 e. The average molecular weight is 266 g/mol. The van der Waals surface area contributed by atoms with E-state index in [4.69, 9.17) is 5.26 Å². The zero-order chi connectivity index (χ0) is 13.8. The summed E-state index contributed by atoms with van der Waals surface area (Å²) < 4.78 is 24.0. The fourth-order valence-corrected chi connectivity index (χ4v) is 2.57. The van der Waals surface area contributed by atoms with Crippen molar-refractivity contribution in [1.82, 2.24) is 5.32 Å². The van der Waals surface area contributed by atoms with Crippen molar-refractivity contribution in [3.63, 3.8) is 0 Å². The monoisotopic (exact) mass is 266 g/mol. The van der Waals surface area contributed by atoms with E-state index in [0.29, 0.717) is 12.1 Å². The van der Waals surface area contributed by atoms with E-state index in [1.807, 2.05) is 26.8 Å². The van der Waals surface area contributed by atoms with Crippen molar-refractivity contribution in [2.24, 2.45) is 0 Å². The minimum atomic E-state index is -3.28. The van der Waals surface area contributed by atoms with Crippen molar-refractivity contribution >= 4 is 9.84 Å². The Kier molecular flexibility index (Phi) is 4.49. The highest BCUT2D eigenvalue weighted by molar-refractivity contribution is 7.91. The summed E-state index contributed by atoms with van der Waals surface area (Å²) in [6.07, 6.45) is 0. The Balaban J connectivity index is 2.72. The van der Waals surface area contributed by atoms with Crippen LogP contribution in [-0.4, -0.2) is 26.3 Å². The second-order valence-electron chi connectivity index (χ2n) is 5.13. The predicted octanol–water partition coefficient (Wildman–Crippen LogP) is 1.72.